The third-order valence-electron chi connectivity index (χ3n) is 4.24. The van der Waals surface area contributed by atoms with E-state index in [1.165, 1.54) is 5.56 Å². The molecular weight excluding hydrogens is 294 g/mol. The predicted octanol–water partition coefficient (Wildman–Crippen LogP) is 2.73. The Hall–Kier alpha value is -2.04. The van der Waals surface area contributed by atoms with Gasteiger partial charge in [0, 0.05) is 6.04 Å². The molecule has 5 heteroatoms. The van der Waals surface area contributed by atoms with E-state index in [-0.39, 0.29) is 23.3 Å². The van der Waals surface area contributed by atoms with Crippen molar-refractivity contribution in [3.05, 3.63) is 29.8 Å². The van der Waals surface area contributed by atoms with Gasteiger partial charge in [-0.2, -0.15) is 0 Å². The van der Waals surface area contributed by atoms with Crippen LogP contribution < -0.4 is 10.1 Å². The summed E-state index contributed by atoms with van der Waals surface area (Å²) in [5.74, 6) is -0.684. The minimum Gasteiger partial charge on any atom is -0.481 e. The molecule has 0 bridgehead atoms. The summed E-state index contributed by atoms with van der Waals surface area (Å²) in [4.78, 5) is 22.8. The highest BCUT2D eigenvalue weighted by Crippen LogP contribution is 2.28. The van der Waals surface area contributed by atoms with E-state index in [4.69, 9.17) is 9.84 Å². The zero-order chi connectivity index (χ0) is 17.2. The highest BCUT2D eigenvalue weighted by Gasteiger charge is 2.36. The quantitative estimate of drug-likeness (QED) is 0.875. The van der Waals surface area contributed by atoms with Crippen molar-refractivity contribution in [2.45, 2.75) is 58.1 Å². The van der Waals surface area contributed by atoms with Crippen molar-refractivity contribution in [1.29, 1.82) is 0 Å². The van der Waals surface area contributed by atoms with Crippen LogP contribution in [-0.4, -0.2) is 29.1 Å². The fourth-order valence-electron chi connectivity index (χ4n) is 2.55. The molecular formula is C18H25NO4. The van der Waals surface area contributed by atoms with Crippen molar-refractivity contribution >= 4 is 11.9 Å². The number of ether oxygens (including phenoxy) is 1. The molecule has 1 amide bonds. The average molecular weight is 319 g/mol. The number of hydrogen-bond donors (Lipinski definition) is 2. The number of carboxylic acids is 1. The number of aliphatic carboxylic acids is 1. The fraction of sp³-hybridized carbons (Fsp3) is 0.556. The van der Waals surface area contributed by atoms with Gasteiger partial charge in [-0.25, -0.2) is 0 Å². The highest BCUT2D eigenvalue weighted by molar-refractivity contribution is 5.81. The molecule has 0 heterocycles. The lowest BCUT2D eigenvalue weighted by atomic mass is 9.80. The van der Waals surface area contributed by atoms with Crippen LogP contribution in [0.4, 0.5) is 0 Å². The Morgan fingerprint density at radius 2 is 1.78 bits per heavy atom. The summed E-state index contributed by atoms with van der Waals surface area (Å²) < 4.78 is 5.66. The maximum absolute atomic E-state index is 12.1. The van der Waals surface area contributed by atoms with Gasteiger partial charge in [0.25, 0.3) is 5.91 Å². The first-order valence-corrected chi connectivity index (χ1v) is 7.97. The van der Waals surface area contributed by atoms with E-state index in [9.17, 15) is 9.59 Å². The summed E-state index contributed by atoms with van der Waals surface area (Å²) in [6, 6.07) is 7.69. The molecule has 0 saturated heterocycles. The second-order valence-electron chi connectivity index (χ2n) is 7.25. The smallest absolute Gasteiger partial charge is 0.306 e. The molecule has 1 unspecified atom stereocenters. The molecule has 23 heavy (non-hydrogen) atoms. The van der Waals surface area contributed by atoms with Crippen molar-refractivity contribution in [1.82, 2.24) is 5.32 Å². The number of amides is 1. The third kappa shape index (κ3) is 4.47. The van der Waals surface area contributed by atoms with E-state index in [0.717, 1.165) is 0 Å². The van der Waals surface area contributed by atoms with Crippen molar-refractivity contribution in [3.8, 4) is 5.75 Å². The van der Waals surface area contributed by atoms with Crippen molar-refractivity contribution in [2.75, 3.05) is 0 Å². The number of hydrogen-bond acceptors (Lipinski definition) is 3. The van der Waals surface area contributed by atoms with Gasteiger partial charge in [0.2, 0.25) is 0 Å². The first-order valence-electron chi connectivity index (χ1n) is 7.97. The fourth-order valence-corrected chi connectivity index (χ4v) is 2.55. The Morgan fingerprint density at radius 3 is 2.26 bits per heavy atom. The summed E-state index contributed by atoms with van der Waals surface area (Å²) in [7, 11) is 0. The Morgan fingerprint density at radius 1 is 1.22 bits per heavy atom. The van der Waals surface area contributed by atoms with Crippen molar-refractivity contribution in [3.63, 3.8) is 0 Å². The highest BCUT2D eigenvalue weighted by atomic mass is 16.5. The molecule has 5 nitrogen and oxygen atoms in total. The summed E-state index contributed by atoms with van der Waals surface area (Å²) in [6.45, 7) is 8.12. The molecule has 1 fully saturated rings. The van der Waals surface area contributed by atoms with Crippen LogP contribution in [0.3, 0.4) is 0 Å². The molecule has 1 aliphatic carbocycles. The molecule has 0 radical (unpaired) electrons. The average Bonchev–Trinajstić information content (AvgIpc) is 2.41. The van der Waals surface area contributed by atoms with Crippen LogP contribution in [0.15, 0.2) is 24.3 Å². The molecule has 0 aromatic heterocycles. The lowest BCUT2D eigenvalue weighted by Gasteiger charge is -2.33. The minimum atomic E-state index is -0.793. The van der Waals surface area contributed by atoms with Gasteiger partial charge in [-0.05, 0) is 42.9 Å². The van der Waals surface area contributed by atoms with Crippen molar-refractivity contribution in [2.24, 2.45) is 5.92 Å². The van der Waals surface area contributed by atoms with Gasteiger partial charge in [0.15, 0.2) is 6.10 Å². The van der Waals surface area contributed by atoms with Gasteiger partial charge in [-0.15, -0.1) is 0 Å². The third-order valence-corrected chi connectivity index (χ3v) is 4.24. The Balaban J connectivity index is 1.83. The summed E-state index contributed by atoms with van der Waals surface area (Å²) >= 11 is 0. The predicted molar refractivity (Wildman–Crippen MR) is 87.5 cm³/mol. The number of carbonyl (C=O) groups is 2. The van der Waals surface area contributed by atoms with E-state index in [1.807, 2.05) is 24.3 Å². The first kappa shape index (κ1) is 17.3. The van der Waals surface area contributed by atoms with Crippen LogP contribution in [0, 0.1) is 5.92 Å². The van der Waals surface area contributed by atoms with Crippen molar-refractivity contribution < 1.29 is 19.4 Å². The maximum Gasteiger partial charge on any atom is 0.306 e. The summed E-state index contributed by atoms with van der Waals surface area (Å²) in [5, 5.41) is 11.7. The van der Waals surface area contributed by atoms with Gasteiger partial charge in [-0.1, -0.05) is 32.9 Å². The van der Waals surface area contributed by atoms with E-state index in [0.29, 0.717) is 18.6 Å². The standard InChI is InChI=1S/C18H25NO4/c1-11(16(20)19-14-9-12(10-14)17(21)22)23-15-7-5-13(6-8-15)18(2,3)4/h5-8,11-12,14H,9-10H2,1-4H3,(H,19,20)(H,21,22). The van der Waals surface area contributed by atoms with E-state index < -0.39 is 12.1 Å². The molecule has 1 aliphatic rings. The molecule has 1 saturated carbocycles. The second kappa shape index (κ2) is 6.60. The van der Waals surface area contributed by atoms with Crippen LogP contribution >= 0.6 is 0 Å². The lowest BCUT2D eigenvalue weighted by Crippen LogP contribution is -2.50. The number of benzene rings is 1. The molecule has 1 atom stereocenters. The number of rotatable bonds is 5. The van der Waals surface area contributed by atoms with Gasteiger partial charge in [-0.3, -0.25) is 9.59 Å². The normalized spacial score (nSPS) is 21.9. The molecule has 1 aromatic carbocycles. The zero-order valence-corrected chi connectivity index (χ0v) is 14.1. The molecule has 2 rings (SSSR count). The molecule has 2 N–H and O–H groups in total. The largest absolute Gasteiger partial charge is 0.481 e. The van der Waals surface area contributed by atoms with Crippen LogP contribution in [-0.2, 0) is 15.0 Å². The molecule has 0 aliphatic heterocycles. The lowest BCUT2D eigenvalue weighted by molar-refractivity contribution is -0.146. The van der Waals surface area contributed by atoms with Gasteiger partial charge in [0.05, 0.1) is 5.92 Å². The first-order chi connectivity index (χ1) is 10.7. The van der Waals surface area contributed by atoms with E-state index >= 15 is 0 Å². The topological polar surface area (TPSA) is 75.6 Å². The molecule has 0 spiro atoms. The number of carbonyl (C=O) groups excluding carboxylic acids is 1. The van der Waals surface area contributed by atoms with Crippen LogP contribution in [0.25, 0.3) is 0 Å². The van der Waals surface area contributed by atoms with E-state index in [2.05, 4.69) is 26.1 Å². The summed E-state index contributed by atoms with van der Waals surface area (Å²) in [6.07, 6.45) is 0.377. The Kier molecular flexibility index (Phi) is 4.97. The molecule has 1 aromatic rings. The van der Waals surface area contributed by atoms with Crippen LogP contribution in [0.2, 0.25) is 0 Å². The van der Waals surface area contributed by atoms with E-state index in [1.54, 1.807) is 6.92 Å². The maximum atomic E-state index is 12.1. The Bertz CT molecular complexity index is 568. The minimum absolute atomic E-state index is 0.0575. The van der Waals surface area contributed by atoms with Gasteiger partial charge < -0.3 is 15.2 Å². The zero-order valence-electron chi connectivity index (χ0n) is 14.1. The number of nitrogens with one attached hydrogen (secondary N) is 1. The Labute approximate surface area is 137 Å². The SMILES string of the molecule is CC(Oc1ccc(C(C)(C)C)cc1)C(=O)NC1CC(C(=O)O)C1. The van der Waals surface area contributed by atoms with Gasteiger partial charge in [0.1, 0.15) is 5.75 Å². The summed E-state index contributed by atoms with van der Waals surface area (Å²) in [5.41, 5.74) is 1.28. The van der Waals surface area contributed by atoms with Gasteiger partial charge >= 0.3 is 5.97 Å². The second-order valence-corrected chi connectivity index (χ2v) is 7.25. The molecule has 126 valence electrons. The monoisotopic (exact) mass is 319 g/mol. The number of carboxylic acid groups (broad SMARTS) is 1. The van der Waals surface area contributed by atoms with Crippen LogP contribution in [0.5, 0.6) is 5.75 Å². The van der Waals surface area contributed by atoms with Crippen LogP contribution in [0.1, 0.15) is 46.1 Å².